The molecule has 0 radical (unpaired) electrons. The van der Waals surface area contributed by atoms with Crippen LogP contribution in [0.25, 0.3) is 0 Å². The molecule has 0 aliphatic carbocycles. The highest BCUT2D eigenvalue weighted by atomic mass is 19.4. The molecule has 0 saturated heterocycles. The van der Waals surface area contributed by atoms with Crippen LogP contribution in [0.15, 0.2) is 42.5 Å². The van der Waals surface area contributed by atoms with Gasteiger partial charge >= 0.3 is 6.18 Å². The highest BCUT2D eigenvalue weighted by Gasteiger charge is 2.32. The van der Waals surface area contributed by atoms with Crippen molar-refractivity contribution in [1.82, 2.24) is 15.0 Å². The number of ether oxygens (including phenoxy) is 4. The Morgan fingerprint density at radius 1 is 0.842 bits per heavy atom. The lowest BCUT2D eigenvalue weighted by atomic mass is 10.1. The number of aromatic nitrogens is 3. The van der Waals surface area contributed by atoms with E-state index in [1.54, 1.807) is 24.3 Å². The molecule has 0 atom stereocenters. The maximum atomic E-state index is 13.4. The molecule has 2 aromatic carbocycles. The third kappa shape index (κ3) is 7.81. The fourth-order valence-corrected chi connectivity index (χ4v) is 3.46. The van der Waals surface area contributed by atoms with Crippen molar-refractivity contribution in [3.63, 3.8) is 0 Å². The van der Waals surface area contributed by atoms with E-state index in [0.717, 1.165) is 6.07 Å². The van der Waals surface area contributed by atoms with Gasteiger partial charge in [0.25, 0.3) is 0 Å². The van der Waals surface area contributed by atoms with Crippen molar-refractivity contribution < 1.29 is 32.1 Å². The number of nitrogens with zero attached hydrogens (tertiary/aromatic N) is 3. The molecule has 5 N–H and O–H groups in total. The van der Waals surface area contributed by atoms with Gasteiger partial charge in [-0.05, 0) is 23.8 Å². The first-order valence-corrected chi connectivity index (χ1v) is 11.8. The number of benzene rings is 2. The SMILES string of the molecule is NCCOCCOCCNc1nc(NCc2ccccc2C(F)(F)F)nc(Nc2ccc3c(c2)OCO3)n1. The summed E-state index contributed by atoms with van der Waals surface area (Å²) in [7, 11) is 0. The number of hydrogen-bond acceptors (Lipinski definition) is 11. The van der Waals surface area contributed by atoms with Crippen LogP contribution in [0.2, 0.25) is 0 Å². The molecule has 0 bridgehead atoms. The van der Waals surface area contributed by atoms with Crippen molar-refractivity contribution in [2.24, 2.45) is 5.73 Å². The van der Waals surface area contributed by atoms with Crippen LogP contribution in [-0.4, -0.2) is 61.3 Å². The summed E-state index contributed by atoms with van der Waals surface area (Å²) in [5.74, 6) is 1.64. The zero-order chi connectivity index (χ0) is 26.8. The minimum atomic E-state index is -4.48. The van der Waals surface area contributed by atoms with Crippen LogP contribution in [0.1, 0.15) is 11.1 Å². The molecule has 3 aromatic rings. The zero-order valence-electron chi connectivity index (χ0n) is 20.4. The third-order valence-electron chi connectivity index (χ3n) is 5.19. The monoisotopic (exact) mass is 535 g/mol. The number of hydrogen-bond donors (Lipinski definition) is 4. The standard InChI is InChI=1S/C24H28F3N7O4/c25-24(26,27)18-4-2-1-3-16(18)14-30-22-32-21(29-8-10-36-12-11-35-9-7-28)33-23(34-22)31-17-5-6-19-20(13-17)38-15-37-19/h1-6,13H,7-12,14-15,28H2,(H3,29,30,31,32,33,34). The Hall–Kier alpha value is -3.88. The summed E-state index contributed by atoms with van der Waals surface area (Å²) in [5.41, 5.74) is 5.32. The average Bonchev–Trinajstić information content (AvgIpc) is 3.37. The van der Waals surface area contributed by atoms with E-state index < -0.39 is 11.7 Å². The third-order valence-corrected chi connectivity index (χ3v) is 5.19. The average molecular weight is 536 g/mol. The molecule has 0 saturated carbocycles. The first-order valence-electron chi connectivity index (χ1n) is 11.8. The molecule has 0 spiro atoms. The van der Waals surface area contributed by atoms with Gasteiger partial charge in [-0.3, -0.25) is 0 Å². The van der Waals surface area contributed by atoms with Gasteiger partial charge < -0.3 is 40.6 Å². The number of alkyl halides is 3. The molecule has 204 valence electrons. The largest absolute Gasteiger partial charge is 0.454 e. The molecule has 1 aliphatic heterocycles. The van der Waals surface area contributed by atoms with E-state index in [1.807, 2.05) is 0 Å². The quantitative estimate of drug-likeness (QED) is 0.226. The second kappa shape index (κ2) is 13.1. The number of halogens is 3. The molecular formula is C24H28F3N7O4. The van der Waals surface area contributed by atoms with E-state index in [2.05, 4.69) is 30.9 Å². The molecule has 0 unspecified atom stereocenters. The summed E-state index contributed by atoms with van der Waals surface area (Å²) in [5, 5.41) is 8.97. The van der Waals surface area contributed by atoms with Crippen LogP contribution >= 0.6 is 0 Å². The minimum absolute atomic E-state index is 0.0606. The van der Waals surface area contributed by atoms with Crippen molar-refractivity contribution >= 4 is 23.5 Å². The highest BCUT2D eigenvalue weighted by molar-refractivity contribution is 5.61. The molecule has 2 heterocycles. The zero-order valence-corrected chi connectivity index (χ0v) is 20.4. The van der Waals surface area contributed by atoms with E-state index in [-0.39, 0.29) is 36.7 Å². The summed E-state index contributed by atoms with van der Waals surface area (Å²) in [4.78, 5) is 13.0. The summed E-state index contributed by atoms with van der Waals surface area (Å²) < 4.78 is 61.6. The van der Waals surface area contributed by atoms with Crippen LogP contribution in [-0.2, 0) is 22.2 Å². The maximum absolute atomic E-state index is 13.4. The Balaban J connectivity index is 1.44. The van der Waals surface area contributed by atoms with Gasteiger partial charge in [-0.1, -0.05) is 18.2 Å². The van der Waals surface area contributed by atoms with Gasteiger partial charge in [0.1, 0.15) is 0 Å². The van der Waals surface area contributed by atoms with E-state index in [1.165, 1.54) is 12.1 Å². The van der Waals surface area contributed by atoms with Gasteiger partial charge in [-0.15, -0.1) is 0 Å². The van der Waals surface area contributed by atoms with E-state index in [9.17, 15) is 13.2 Å². The number of nitrogens with two attached hydrogens (primary N) is 1. The lowest BCUT2D eigenvalue weighted by molar-refractivity contribution is -0.138. The van der Waals surface area contributed by atoms with Crippen LogP contribution in [0.4, 0.5) is 36.7 Å². The molecular weight excluding hydrogens is 507 g/mol. The molecule has 1 aromatic heterocycles. The van der Waals surface area contributed by atoms with Crippen LogP contribution in [0, 0.1) is 0 Å². The normalized spacial score (nSPS) is 12.4. The summed E-state index contributed by atoms with van der Waals surface area (Å²) in [6.45, 7) is 2.46. The van der Waals surface area contributed by atoms with Crippen molar-refractivity contribution in [2.75, 3.05) is 62.3 Å². The van der Waals surface area contributed by atoms with Gasteiger partial charge in [-0.25, -0.2) is 0 Å². The Labute approximate surface area is 216 Å². The van der Waals surface area contributed by atoms with Crippen molar-refractivity contribution in [3.8, 4) is 11.5 Å². The van der Waals surface area contributed by atoms with Gasteiger partial charge in [0, 0.05) is 31.4 Å². The number of rotatable bonds is 14. The minimum Gasteiger partial charge on any atom is -0.454 e. The molecule has 11 nitrogen and oxygen atoms in total. The van der Waals surface area contributed by atoms with Gasteiger partial charge in [0.2, 0.25) is 24.6 Å². The van der Waals surface area contributed by atoms with Gasteiger partial charge in [0.15, 0.2) is 11.5 Å². The van der Waals surface area contributed by atoms with Crippen molar-refractivity contribution in [2.45, 2.75) is 12.7 Å². The van der Waals surface area contributed by atoms with Crippen LogP contribution in [0.3, 0.4) is 0 Å². The summed E-state index contributed by atoms with van der Waals surface area (Å²) in [6, 6.07) is 10.6. The number of fused-ring (bicyclic) bond motifs is 1. The van der Waals surface area contributed by atoms with E-state index in [4.69, 9.17) is 24.7 Å². The second-order valence-corrected chi connectivity index (χ2v) is 7.95. The fraction of sp³-hybridized carbons (Fsp3) is 0.375. The number of nitrogens with one attached hydrogen (secondary N) is 3. The Morgan fingerprint density at radius 2 is 1.55 bits per heavy atom. The molecule has 0 fully saturated rings. The maximum Gasteiger partial charge on any atom is 0.416 e. The van der Waals surface area contributed by atoms with Crippen molar-refractivity contribution in [3.05, 3.63) is 53.6 Å². The molecule has 4 rings (SSSR count). The van der Waals surface area contributed by atoms with E-state index in [0.29, 0.717) is 56.7 Å². The fourth-order valence-electron chi connectivity index (χ4n) is 3.46. The van der Waals surface area contributed by atoms with Crippen LogP contribution < -0.4 is 31.2 Å². The Morgan fingerprint density at radius 3 is 2.34 bits per heavy atom. The van der Waals surface area contributed by atoms with Gasteiger partial charge in [-0.2, -0.15) is 28.1 Å². The Bertz CT molecular complexity index is 1200. The second-order valence-electron chi connectivity index (χ2n) is 7.95. The molecule has 1 aliphatic rings. The lowest BCUT2D eigenvalue weighted by Gasteiger charge is -2.14. The number of anilines is 4. The first kappa shape index (κ1) is 27.2. The molecule has 38 heavy (non-hydrogen) atoms. The van der Waals surface area contributed by atoms with Crippen molar-refractivity contribution in [1.29, 1.82) is 0 Å². The smallest absolute Gasteiger partial charge is 0.416 e. The van der Waals surface area contributed by atoms with Gasteiger partial charge in [0.05, 0.1) is 32.0 Å². The highest BCUT2D eigenvalue weighted by Crippen LogP contribution is 2.35. The summed E-state index contributed by atoms with van der Waals surface area (Å²) >= 11 is 0. The predicted octanol–water partition coefficient (Wildman–Crippen LogP) is 3.38. The lowest BCUT2D eigenvalue weighted by Crippen LogP contribution is -2.17. The first-order chi connectivity index (χ1) is 18.4. The summed E-state index contributed by atoms with van der Waals surface area (Å²) in [6.07, 6.45) is -4.48. The van der Waals surface area contributed by atoms with E-state index >= 15 is 0 Å². The predicted molar refractivity (Wildman–Crippen MR) is 134 cm³/mol. The molecule has 0 amide bonds. The molecule has 14 heteroatoms. The Kier molecular flexibility index (Phi) is 9.35. The topological polar surface area (TPSA) is 138 Å². The van der Waals surface area contributed by atoms with Crippen LogP contribution in [0.5, 0.6) is 11.5 Å².